The first-order valence-electron chi connectivity index (χ1n) is 10.9. The summed E-state index contributed by atoms with van der Waals surface area (Å²) >= 11 is 0. The molecule has 2 heterocycles. The molecule has 0 unspecified atom stereocenters. The molecule has 2 aromatic carbocycles. The van der Waals surface area contributed by atoms with Gasteiger partial charge in [-0.2, -0.15) is 0 Å². The Balaban J connectivity index is 1.66. The molecule has 1 aromatic heterocycles. The van der Waals surface area contributed by atoms with E-state index in [0.29, 0.717) is 42.1 Å². The summed E-state index contributed by atoms with van der Waals surface area (Å²) in [6, 6.07) is 9.46. The molecule has 3 aromatic rings. The second kappa shape index (κ2) is 7.72. The summed E-state index contributed by atoms with van der Waals surface area (Å²) in [6.45, 7) is 6.26. The summed E-state index contributed by atoms with van der Waals surface area (Å²) in [7, 11) is 0. The number of ketones is 1. The van der Waals surface area contributed by atoms with Gasteiger partial charge in [-0.3, -0.25) is 9.59 Å². The molecule has 1 fully saturated rings. The quantitative estimate of drug-likeness (QED) is 0.484. The van der Waals surface area contributed by atoms with E-state index in [2.05, 4.69) is 15.4 Å². The van der Waals surface area contributed by atoms with E-state index in [1.807, 2.05) is 44.2 Å². The van der Waals surface area contributed by atoms with Crippen molar-refractivity contribution >= 4 is 34.0 Å². The fourth-order valence-corrected chi connectivity index (χ4v) is 4.76. The number of nitrogens with one attached hydrogen (secondary N) is 1. The number of ether oxygens (including phenoxy) is 1. The Morgan fingerprint density at radius 1 is 1.29 bits per heavy atom. The SMILES string of the molecule is CCNc1cc(N2CCC[C@@H](C(=O)OCC)C2)c2noc3c2c1C(=O)c1ccccc1-3. The van der Waals surface area contributed by atoms with Crippen molar-refractivity contribution in [2.75, 3.05) is 36.5 Å². The Kier molecular flexibility index (Phi) is 4.88. The van der Waals surface area contributed by atoms with Crippen molar-refractivity contribution in [1.29, 1.82) is 0 Å². The third kappa shape index (κ3) is 3.07. The van der Waals surface area contributed by atoms with Crippen molar-refractivity contribution in [1.82, 2.24) is 5.16 Å². The van der Waals surface area contributed by atoms with Crippen molar-refractivity contribution < 1.29 is 18.8 Å². The third-order valence-corrected chi connectivity index (χ3v) is 6.13. The molecule has 7 heteroatoms. The predicted octanol–water partition coefficient (Wildman–Crippen LogP) is 4.25. The van der Waals surface area contributed by atoms with E-state index in [0.717, 1.165) is 41.7 Å². The Morgan fingerprint density at radius 2 is 2.10 bits per heavy atom. The Bertz CT molecular complexity index is 1180. The summed E-state index contributed by atoms with van der Waals surface area (Å²) in [5.41, 5.74) is 4.32. The van der Waals surface area contributed by atoms with Crippen LogP contribution in [0.1, 0.15) is 42.6 Å². The highest BCUT2D eigenvalue weighted by Crippen LogP contribution is 2.46. The molecule has 1 aliphatic carbocycles. The number of anilines is 2. The summed E-state index contributed by atoms with van der Waals surface area (Å²) in [4.78, 5) is 27.9. The van der Waals surface area contributed by atoms with Crippen LogP contribution in [0.3, 0.4) is 0 Å². The zero-order valence-electron chi connectivity index (χ0n) is 17.7. The molecule has 7 nitrogen and oxygen atoms in total. The molecule has 1 N–H and O–H groups in total. The van der Waals surface area contributed by atoms with E-state index in [4.69, 9.17) is 9.26 Å². The number of rotatable bonds is 5. The topological polar surface area (TPSA) is 84.7 Å². The monoisotopic (exact) mass is 419 g/mol. The predicted molar refractivity (Wildman–Crippen MR) is 119 cm³/mol. The zero-order chi connectivity index (χ0) is 21.5. The lowest BCUT2D eigenvalue weighted by Crippen LogP contribution is -2.39. The minimum absolute atomic E-state index is 0.0261. The van der Waals surface area contributed by atoms with Crippen LogP contribution in [0, 0.1) is 5.92 Å². The summed E-state index contributed by atoms with van der Waals surface area (Å²) in [6.07, 6.45) is 1.70. The van der Waals surface area contributed by atoms with Crippen LogP contribution in [0.15, 0.2) is 34.9 Å². The molecular formula is C24H25N3O4. The van der Waals surface area contributed by atoms with E-state index in [1.165, 1.54) is 0 Å². The van der Waals surface area contributed by atoms with Crippen molar-refractivity contribution in [2.24, 2.45) is 5.92 Å². The summed E-state index contributed by atoms with van der Waals surface area (Å²) < 4.78 is 11.1. The van der Waals surface area contributed by atoms with Crippen LogP contribution in [0.2, 0.25) is 0 Å². The highest BCUT2D eigenvalue weighted by atomic mass is 16.5. The van der Waals surface area contributed by atoms with Crippen LogP contribution in [-0.4, -0.2) is 43.2 Å². The minimum atomic E-state index is -0.173. The third-order valence-electron chi connectivity index (χ3n) is 6.13. The van der Waals surface area contributed by atoms with Gasteiger partial charge in [-0.1, -0.05) is 29.4 Å². The number of hydrogen-bond donors (Lipinski definition) is 1. The van der Waals surface area contributed by atoms with Gasteiger partial charge in [0.25, 0.3) is 0 Å². The van der Waals surface area contributed by atoms with Gasteiger partial charge in [-0.15, -0.1) is 0 Å². The van der Waals surface area contributed by atoms with Crippen LogP contribution >= 0.6 is 0 Å². The first-order chi connectivity index (χ1) is 15.1. The van der Waals surface area contributed by atoms with E-state index >= 15 is 0 Å². The largest absolute Gasteiger partial charge is 0.466 e. The summed E-state index contributed by atoms with van der Waals surface area (Å²) in [5.74, 6) is 0.271. The first-order valence-corrected chi connectivity index (χ1v) is 10.9. The molecule has 1 atom stereocenters. The maximum atomic E-state index is 13.4. The molecule has 2 aliphatic rings. The number of esters is 1. The van der Waals surface area contributed by atoms with Crippen LogP contribution < -0.4 is 10.2 Å². The van der Waals surface area contributed by atoms with Gasteiger partial charge in [-0.25, -0.2) is 0 Å². The first kappa shape index (κ1) is 19.6. The number of fused-ring (bicyclic) bond motifs is 2. The molecule has 0 bridgehead atoms. The molecule has 31 heavy (non-hydrogen) atoms. The number of hydrogen-bond acceptors (Lipinski definition) is 7. The summed E-state index contributed by atoms with van der Waals surface area (Å²) in [5, 5.41) is 8.50. The Morgan fingerprint density at radius 3 is 2.87 bits per heavy atom. The van der Waals surface area contributed by atoms with Gasteiger partial charge in [0.2, 0.25) is 0 Å². The number of benzene rings is 2. The highest BCUT2D eigenvalue weighted by Gasteiger charge is 2.35. The number of nitrogens with zero attached hydrogens (tertiary/aromatic N) is 2. The Hall–Kier alpha value is -3.35. The molecule has 0 radical (unpaired) electrons. The number of piperidine rings is 1. The highest BCUT2D eigenvalue weighted by molar-refractivity contribution is 6.28. The van der Waals surface area contributed by atoms with E-state index < -0.39 is 0 Å². The molecular weight excluding hydrogens is 394 g/mol. The fraction of sp³-hybridized carbons (Fsp3) is 0.375. The molecule has 5 rings (SSSR count). The van der Waals surface area contributed by atoms with Crippen LogP contribution in [-0.2, 0) is 9.53 Å². The maximum Gasteiger partial charge on any atom is 0.310 e. The van der Waals surface area contributed by atoms with Gasteiger partial charge in [0.05, 0.1) is 29.2 Å². The zero-order valence-corrected chi connectivity index (χ0v) is 17.7. The molecule has 0 saturated carbocycles. The van der Waals surface area contributed by atoms with Crippen LogP contribution in [0.25, 0.3) is 22.2 Å². The van der Waals surface area contributed by atoms with Crippen LogP contribution in [0.5, 0.6) is 0 Å². The average molecular weight is 419 g/mol. The maximum absolute atomic E-state index is 13.4. The average Bonchev–Trinajstić information content (AvgIpc) is 3.23. The van der Waals surface area contributed by atoms with E-state index in [1.54, 1.807) is 0 Å². The fourth-order valence-electron chi connectivity index (χ4n) is 4.76. The van der Waals surface area contributed by atoms with E-state index in [9.17, 15) is 9.59 Å². The van der Waals surface area contributed by atoms with Crippen LogP contribution in [0.4, 0.5) is 11.4 Å². The lowest BCUT2D eigenvalue weighted by atomic mass is 9.86. The van der Waals surface area contributed by atoms with Crippen molar-refractivity contribution in [3.8, 4) is 11.3 Å². The number of carbonyl (C=O) groups excluding carboxylic acids is 2. The number of aromatic nitrogens is 1. The van der Waals surface area contributed by atoms with Gasteiger partial charge in [0, 0.05) is 36.4 Å². The van der Waals surface area contributed by atoms with Crippen molar-refractivity contribution in [2.45, 2.75) is 26.7 Å². The normalized spacial score (nSPS) is 17.5. The molecule has 0 amide bonds. The lowest BCUT2D eigenvalue weighted by Gasteiger charge is -2.34. The van der Waals surface area contributed by atoms with Gasteiger partial charge < -0.3 is 19.5 Å². The van der Waals surface area contributed by atoms with Gasteiger partial charge in [0.15, 0.2) is 11.5 Å². The smallest absolute Gasteiger partial charge is 0.310 e. The number of carbonyl (C=O) groups is 2. The van der Waals surface area contributed by atoms with E-state index in [-0.39, 0.29) is 17.7 Å². The second-order valence-electron chi connectivity index (χ2n) is 8.00. The van der Waals surface area contributed by atoms with Gasteiger partial charge >= 0.3 is 5.97 Å². The molecule has 1 aliphatic heterocycles. The molecule has 0 spiro atoms. The second-order valence-corrected chi connectivity index (χ2v) is 8.00. The van der Waals surface area contributed by atoms with Crippen molar-refractivity contribution in [3.63, 3.8) is 0 Å². The van der Waals surface area contributed by atoms with Crippen molar-refractivity contribution in [3.05, 3.63) is 41.5 Å². The standard InChI is InChI=1S/C24H25N3O4/c1-3-25-17-12-18(27-11-7-8-14(13-27)24(29)30-4-2)21-20-19(17)22(28)15-9-5-6-10-16(15)23(20)31-26-21/h5-6,9-10,12,14,25H,3-4,7-8,11,13H2,1-2H3/t14-/m1/s1. The van der Waals surface area contributed by atoms with Gasteiger partial charge in [0.1, 0.15) is 5.52 Å². The minimum Gasteiger partial charge on any atom is -0.466 e. The Labute approximate surface area is 180 Å². The molecule has 1 saturated heterocycles. The lowest BCUT2D eigenvalue weighted by molar-refractivity contribution is -0.148. The van der Waals surface area contributed by atoms with Gasteiger partial charge in [-0.05, 0) is 32.8 Å². The molecule has 160 valence electrons.